The molecule has 1 N–H and O–H groups in total. The van der Waals surface area contributed by atoms with Crippen LogP contribution in [0.2, 0.25) is 0 Å². The summed E-state index contributed by atoms with van der Waals surface area (Å²) in [4.78, 5) is 20.3. The highest BCUT2D eigenvalue weighted by Gasteiger charge is 2.46. The molecule has 0 spiro atoms. The van der Waals surface area contributed by atoms with Crippen molar-refractivity contribution < 1.29 is 19.6 Å². The molecule has 0 amide bonds. The van der Waals surface area contributed by atoms with E-state index in [9.17, 15) is 14.9 Å². The van der Waals surface area contributed by atoms with Gasteiger partial charge in [-0.1, -0.05) is 0 Å². The van der Waals surface area contributed by atoms with E-state index in [0.717, 1.165) is 0 Å². The summed E-state index contributed by atoms with van der Waals surface area (Å²) in [5, 5.41) is 18.9. The Morgan fingerprint density at radius 1 is 1.40 bits per heavy atom. The Morgan fingerprint density at radius 2 is 2.00 bits per heavy atom. The fraction of sp³-hybridized carbons (Fsp3) is 0.222. The first-order chi connectivity index (χ1) is 7.09. The number of epoxide rings is 1. The van der Waals surface area contributed by atoms with E-state index >= 15 is 0 Å². The Hall–Kier alpha value is -1.95. The number of hydrogen-bond acceptors (Lipinski definition) is 4. The number of nitro benzene ring substituents is 1. The Morgan fingerprint density at radius 3 is 2.40 bits per heavy atom. The van der Waals surface area contributed by atoms with Gasteiger partial charge in [-0.2, -0.15) is 0 Å². The van der Waals surface area contributed by atoms with E-state index in [-0.39, 0.29) is 5.69 Å². The molecule has 6 nitrogen and oxygen atoms in total. The number of rotatable bonds is 3. The summed E-state index contributed by atoms with van der Waals surface area (Å²) < 4.78 is 4.90. The number of non-ortho nitro benzene ring substituents is 1. The minimum absolute atomic E-state index is 0.0220. The van der Waals surface area contributed by atoms with Crippen LogP contribution in [0, 0.1) is 10.1 Å². The summed E-state index contributed by atoms with van der Waals surface area (Å²) in [6.45, 7) is 0. The van der Waals surface area contributed by atoms with Crippen LogP contribution in [0.25, 0.3) is 0 Å². The highest BCUT2D eigenvalue weighted by molar-refractivity contribution is 5.76. The number of ether oxygens (including phenoxy) is 1. The maximum absolute atomic E-state index is 10.5. The molecule has 1 aromatic carbocycles. The van der Waals surface area contributed by atoms with Gasteiger partial charge in [-0.15, -0.1) is 0 Å². The molecule has 1 aliphatic heterocycles. The van der Waals surface area contributed by atoms with E-state index in [0.29, 0.717) is 5.56 Å². The molecule has 1 aliphatic rings. The first-order valence-electron chi connectivity index (χ1n) is 4.22. The number of aliphatic carboxylic acids is 1. The Bertz CT molecular complexity index is 413. The second-order valence-electron chi connectivity index (χ2n) is 3.16. The lowest BCUT2D eigenvalue weighted by atomic mass is 10.1. The fourth-order valence-corrected chi connectivity index (χ4v) is 1.34. The van der Waals surface area contributed by atoms with Crippen LogP contribution in [0.5, 0.6) is 0 Å². The van der Waals surface area contributed by atoms with Gasteiger partial charge >= 0.3 is 5.97 Å². The fourth-order valence-electron chi connectivity index (χ4n) is 1.34. The summed E-state index contributed by atoms with van der Waals surface area (Å²) in [5.74, 6) is -1.02. The zero-order valence-electron chi connectivity index (χ0n) is 7.49. The first-order valence-corrected chi connectivity index (χ1v) is 4.22. The highest BCUT2D eigenvalue weighted by Crippen LogP contribution is 2.39. The van der Waals surface area contributed by atoms with Crippen molar-refractivity contribution in [3.05, 3.63) is 39.9 Å². The predicted molar refractivity (Wildman–Crippen MR) is 48.3 cm³/mol. The molecule has 6 heteroatoms. The molecule has 1 fully saturated rings. The quantitative estimate of drug-likeness (QED) is 0.457. The van der Waals surface area contributed by atoms with Gasteiger partial charge in [0, 0.05) is 12.1 Å². The van der Waals surface area contributed by atoms with E-state index < -0.39 is 23.1 Å². The maximum Gasteiger partial charge on any atom is 0.335 e. The van der Waals surface area contributed by atoms with Gasteiger partial charge in [0.2, 0.25) is 0 Å². The zero-order valence-corrected chi connectivity index (χ0v) is 7.49. The van der Waals surface area contributed by atoms with Crippen molar-refractivity contribution in [2.45, 2.75) is 12.2 Å². The Kier molecular flexibility index (Phi) is 2.12. The first kappa shape index (κ1) is 9.60. The van der Waals surface area contributed by atoms with Gasteiger partial charge in [-0.3, -0.25) is 10.1 Å². The van der Waals surface area contributed by atoms with Crippen molar-refractivity contribution in [1.29, 1.82) is 0 Å². The topological polar surface area (TPSA) is 93.0 Å². The molecule has 0 bridgehead atoms. The van der Waals surface area contributed by atoms with Gasteiger partial charge in [0.25, 0.3) is 5.69 Å². The largest absolute Gasteiger partial charge is 0.479 e. The monoisotopic (exact) mass is 209 g/mol. The Labute approximate surface area is 84.2 Å². The SMILES string of the molecule is O=C(O)[C@@H]1O[C@@H]1c1ccc([N+](=O)[O-])cc1. The third-order valence-electron chi connectivity index (χ3n) is 2.17. The lowest BCUT2D eigenvalue weighted by Crippen LogP contribution is -2.04. The number of hydrogen-bond donors (Lipinski definition) is 1. The summed E-state index contributed by atoms with van der Waals surface area (Å²) >= 11 is 0. The third-order valence-corrected chi connectivity index (χ3v) is 2.17. The lowest BCUT2D eigenvalue weighted by molar-refractivity contribution is -0.384. The van der Waals surface area contributed by atoms with Crippen LogP contribution in [-0.4, -0.2) is 22.1 Å². The molecule has 2 rings (SSSR count). The average Bonchev–Trinajstić information content (AvgIpc) is 2.97. The molecule has 1 saturated heterocycles. The molecule has 15 heavy (non-hydrogen) atoms. The number of carboxylic acid groups (broad SMARTS) is 1. The summed E-state index contributed by atoms with van der Waals surface area (Å²) in [6.07, 6.45) is -1.28. The van der Waals surface area contributed by atoms with E-state index in [4.69, 9.17) is 9.84 Å². The van der Waals surface area contributed by atoms with Gasteiger partial charge in [-0.05, 0) is 17.7 Å². The third kappa shape index (κ3) is 1.79. The number of carboxylic acids is 1. The number of benzene rings is 1. The normalized spacial score (nSPS) is 23.5. The van der Waals surface area contributed by atoms with Crippen LogP contribution in [0.1, 0.15) is 11.7 Å². The summed E-state index contributed by atoms with van der Waals surface area (Å²) in [7, 11) is 0. The van der Waals surface area contributed by atoms with Crippen molar-refractivity contribution in [3.63, 3.8) is 0 Å². The van der Waals surface area contributed by atoms with Crippen LogP contribution >= 0.6 is 0 Å². The van der Waals surface area contributed by atoms with Gasteiger partial charge in [-0.25, -0.2) is 4.79 Å². The van der Waals surface area contributed by atoms with Crippen molar-refractivity contribution in [1.82, 2.24) is 0 Å². The molecule has 2 atom stereocenters. The van der Waals surface area contributed by atoms with E-state index in [1.54, 1.807) is 0 Å². The van der Waals surface area contributed by atoms with Crippen LogP contribution in [0.15, 0.2) is 24.3 Å². The van der Waals surface area contributed by atoms with Crippen molar-refractivity contribution in [2.24, 2.45) is 0 Å². The predicted octanol–water partition coefficient (Wildman–Crippen LogP) is 1.12. The second kappa shape index (κ2) is 3.32. The number of nitro groups is 1. The van der Waals surface area contributed by atoms with Gasteiger partial charge in [0.1, 0.15) is 6.10 Å². The van der Waals surface area contributed by atoms with Crippen molar-refractivity contribution >= 4 is 11.7 Å². The standard InChI is InChI=1S/C9H7NO5/c11-9(12)8-7(15-8)5-1-3-6(4-2-5)10(13)14/h1-4,7-8H,(H,11,12)/t7-,8-/m1/s1. The molecule has 0 saturated carbocycles. The van der Waals surface area contributed by atoms with Crippen LogP contribution in [0.4, 0.5) is 5.69 Å². The van der Waals surface area contributed by atoms with Gasteiger partial charge in [0.15, 0.2) is 6.10 Å². The molecular formula is C9H7NO5. The van der Waals surface area contributed by atoms with Crippen molar-refractivity contribution in [2.75, 3.05) is 0 Å². The lowest BCUT2D eigenvalue weighted by Gasteiger charge is -1.94. The molecule has 0 aromatic heterocycles. The smallest absolute Gasteiger partial charge is 0.335 e. The molecular weight excluding hydrogens is 202 g/mol. The molecule has 0 unspecified atom stereocenters. The molecule has 1 heterocycles. The van der Waals surface area contributed by atoms with Crippen LogP contribution in [-0.2, 0) is 9.53 Å². The summed E-state index contributed by atoms with van der Waals surface area (Å²) in [6, 6.07) is 5.67. The van der Waals surface area contributed by atoms with Crippen LogP contribution < -0.4 is 0 Å². The van der Waals surface area contributed by atoms with Crippen LogP contribution in [0.3, 0.4) is 0 Å². The highest BCUT2D eigenvalue weighted by atomic mass is 16.6. The zero-order chi connectivity index (χ0) is 11.0. The van der Waals surface area contributed by atoms with E-state index in [1.807, 2.05) is 0 Å². The molecule has 78 valence electrons. The average molecular weight is 209 g/mol. The van der Waals surface area contributed by atoms with E-state index in [1.165, 1.54) is 24.3 Å². The minimum atomic E-state index is -1.02. The minimum Gasteiger partial charge on any atom is -0.479 e. The Balaban J connectivity index is 2.12. The molecule has 0 radical (unpaired) electrons. The van der Waals surface area contributed by atoms with Gasteiger partial charge < -0.3 is 9.84 Å². The molecule has 1 aromatic rings. The van der Waals surface area contributed by atoms with E-state index in [2.05, 4.69) is 0 Å². The van der Waals surface area contributed by atoms with Crippen molar-refractivity contribution in [3.8, 4) is 0 Å². The number of carbonyl (C=O) groups is 1. The maximum atomic E-state index is 10.5. The van der Waals surface area contributed by atoms with Gasteiger partial charge in [0.05, 0.1) is 4.92 Å². The second-order valence-corrected chi connectivity index (χ2v) is 3.16. The number of nitrogens with zero attached hydrogens (tertiary/aromatic N) is 1. The summed E-state index contributed by atoms with van der Waals surface area (Å²) in [5.41, 5.74) is 0.624. The molecule has 0 aliphatic carbocycles.